The Morgan fingerprint density at radius 2 is 2.10 bits per heavy atom. The summed E-state index contributed by atoms with van der Waals surface area (Å²) in [7, 11) is 3.42. The lowest BCUT2D eigenvalue weighted by Crippen LogP contribution is -2.43. The van der Waals surface area contributed by atoms with Gasteiger partial charge in [0.05, 0.1) is 6.54 Å². The largest absolute Gasteiger partial charge is 0.341 e. The molecule has 1 aromatic carbocycles. The topological polar surface area (TPSA) is 61.4 Å². The Balaban J connectivity index is 2.02. The van der Waals surface area contributed by atoms with Gasteiger partial charge in [-0.15, -0.1) is 0 Å². The molecule has 1 aromatic rings. The second-order valence-corrected chi connectivity index (χ2v) is 5.15. The Kier molecular flexibility index (Phi) is 4.74. The molecule has 0 aliphatic heterocycles. The average Bonchev–Trinajstić information content (AvgIpc) is 2.46. The number of benzene rings is 1. The summed E-state index contributed by atoms with van der Waals surface area (Å²) in [5.41, 5.74) is 2.66. The van der Waals surface area contributed by atoms with Crippen LogP contribution in [0.5, 0.6) is 0 Å². The quantitative estimate of drug-likeness (QED) is 0.877. The van der Waals surface area contributed by atoms with Crippen LogP contribution in [0.25, 0.3) is 0 Å². The van der Waals surface area contributed by atoms with Gasteiger partial charge in [-0.25, -0.2) is 4.79 Å². The molecule has 1 atom stereocenters. The average molecular weight is 275 g/mol. The molecule has 108 valence electrons. The summed E-state index contributed by atoms with van der Waals surface area (Å²) in [4.78, 5) is 24.9. The highest BCUT2D eigenvalue weighted by Gasteiger charge is 2.24. The van der Waals surface area contributed by atoms with Crippen LogP contribution in [0.2, 0.25) is 0 Å². The van der Waals surface area contributed by atoms with E-state index in [0.29, 0.717) is 0 Å². The van der Waals surface area contributed by atoms with Crippen LogP contribution in [-0.2, 0) is 11.2 Å². The minimum Gasteiger partial charge on any atom is -0.341 e. The number of urea groups is 1. The van der Waals surface area contributed by atoms with Crippen LogP contribution < -0.4 is 10.6 Å². The van der Waals surface area contributed by atoms with Gasteiger partial charge in [-0.1, -0.05) is 24.3 Å². The van der Waals surface area contributed by atoms with Crippen molar-refractivity contribution in [2.24, 2.45) is 0 Å². The number of hydrogen-bond acceptors (Lipinski definition) is 3. The third-order valence-electron chi connectivity index (χ3n) is 3.74. The van der Waals surface area contributed by atoms with Crippen LogP contribution in [0.3, 0.4) is 0 Å². The number of fused-ring (bicyclic) bond motifs is 1. The summed E-state index contributed by atoms with van der Waals surface area (Å²) in [6, 6.07) is 8.16. The normalized spacial score (nSPS) is 17.4. The van der Waals surface area contributed by atoms with Crippen LogP contribution in [-0.4, -0.2) is 37.5 Å². The van der Waals surface area contributed by atoms with Crippen LogP contribution in [0.4, 0.5) is 4.79 Å². The Bertz CT molecular complexity index is 502. The van der Waals surface area contributed by atoms with Crippen molar-refractivity contribution in [2.45, 2.75) is 25.3 Å². The zero-order valence-corrected chi connectivity index (χ0v) is 12.0. The summed E-state index contributed by atoms with van der Waals surface area (Å²) in [6.45, 7) is 0.215. The molecule has 2 N–H and O–H groups in total. The van der Waals surface area contributed by atoms with E-state index in [2.05, 4.69) is 28.8 Å². The fraction of sp³-hybridized carbons (Fsp3) is 0.467. The molecule has 20 heavy (non-hydrogen) atoms. The molecule has 0 spiro atoms. The fourth-order valence-corrected chi connectivity index (χ4v) is 2.75. The molecule has 5 heteroatoms. The number of nitrogens with one attached hydrogen (secondary N) is 2. The molecular weight excluding hydrogens is 254 g/mol. The number of nitrogens with zero attached hydrogens (tertiary/aromatic N) is 1. The number of imide groups is 1. The van der Waals surface area contributed by atoms with Gasteiger partial charge in [0.1, 0.15) is 0 Å². The summed E-state index contributed by atoms with van der Waals surface area (Å²) in [5, 5.41) is 4.67. The molecule has 0 radical (unpaired) electrons. The van der Waals surface area contributed by atoms with Crippen LogP contribution in [0, 0.1) is 0 Å². The number of rotatable bonds is 3. The van der Waals surface area contributed by atoms with E-state index in [4.69, 9.17) is 0 Å². The Morgan fingerprint density at radius 3 is 2.85 bits per heavy atom. The van der Waals surface area contributed by atoms with Gasteiger partial charge in [-0.05, 0) is 37.4 Å². The Hall–Kier alpha value is -1.88. The molecule has 0 aromatic heterocycles. The highest BCUT2D eigenvalue weighted by Crippen LogP contribution is 2.33. The van der Waals surface area contributed by atoms with Gasteiger partial charge in [0.2, 0.25) is 5.91 Å². The molecule has 5 nitrogen and oxygen atoms in total. The van der Waals surface area contributed by atoms with E-state index in [1.165, 1.54) is 18.2 Å². The number of carbonyl (C=O) groups excluding carboxylic acids is 2. The minimum absolute atomic E-state index is 0.215. The molecular formula is C15H21N3O2. The lowest BCUT2D eigenvalue weighted by atomic mass is 9.87. The molecule has 0 heterocycles. The first kappa shape index (κ1) is 14.5. The maximum absolute atomic E-state index is 11.8. The van der Waals surface area contributed by atoms with Gasteiger partial charge in [-0.3, -0.25) is 15.0 Å². The summed E-state index contributed by atoms with van der Waals surface area (Å²) in [6.07, 6.45) is 3.27. The summed E-state index contributed by atoms with van der Waals surface area (Å²) in [5.74, 6) is -0.282. The van der Waals surface area contributed by atoms with Crippen molar-refractivity contribution in [3.63, 3.8) is 0 Å². The van der Waals surface area contributed by atoms with Gasteiger partial charge in [-0.2, -0.15) is 0 Å². The third kappa shape index (κ3) is 3.36. The van der Waals surface area contributed by atoms with E-state index in [1.54, 1.807) is 0 Å². The fourth-order valence-electron chi connectivity index (χ4n) is 2.75. The van der Waals surface area contributed by atoms with E-state index < -0.39 is 6.03 Å². The number of amides is 3. The SMILES string of the molecule is CNC(=O)NC(=O)CN(C)[C@H]1CCCc2ccccc21. The Labute approximate surface area is 119 Å². The van der Waals surface area contributed by atoms with E-state index in [0.717, 1.165) is 19.3 Å². The zero-order valence-electron chi connectivity index (χ0n) is 12.0. The monoisotopic (exact) mass is 275 g/mol. The predicted molar refractivity (Wildman–Crippen MR) is 77.3 cm³/mol. The minimum atomic E-state index is -0.465. The molecule has 0 saturated heterocycles. The molecule has 0 bridgehead atoms. The number of aryl methyl sites for hydroxylation is 1. The third-order valence-corrected chi connectivity index (χ3v) is 3.74. The second-order valence-electron chi connectivity index (χ2n) is 5.15. The highest BCUT2D eigenvalue weighted by atomic mass is 16.2. The van der Waals surface area contributed by atoms with Crippen molar-refractivity contribution in [3.8, 4) is 0 Å². The van der Waals surface area contributed by atoms with E-state index in [-0.39, 0.29) is 18.5 Å². The van der Waals surface area contributed by atoms with Crippen LogP contribution in [0.15, 0.2) is 24.3 Å². The number of likely N-dealkylation sites (N-methyl/N-ethyl adjacent to an activating group) is 1. The highest BCUT2D eigenvalue weighted by molar-refractivity contribution is 5.95. The maximum Gasteiger partial charge on any atom is 0.321 e. The molecule has 1 aliphatic carbocycles. The van der Waals surface area contributed by atoms with E-state index >= 15 is 0 Å². The lowest BCUT2D eigenvalue weighted by molar-refractivity contribution is -0.121. The van der Waals surface area contributed by atoms with Gasteiger partial charge in [0.15, 0.2) is 0 Å². The van der Waals surface area contributed by atoms with Gasteiger partial charge < -0.3 is 5.32 Å². The van der Waals surface area contributed by atoms with Gasteiger partial charge in [0, 0.05) is 13.1 Å². The zero-order chi connectivity index (χ0) is 14.5. The van der Waals surface area contributed by atoms with Crippen molar-refractivity contribution in [2.75, 3.05) is 20.6 Å². The number of carbonyl (C=O) groups is 2. The van der Waals surface area contributed by atoms with Crippen LogP contribution in [0.1, 0.15) is 30.0 Å². The number of hydrogen-bond donors (Lipinski definition) is 2. The lowest BCUT2D eigenvalue weighted by Gasteiger charge is -2.32. The van der Waals surface area contributed by atoms with E-state index in [9.17, 15) is 9.59 Å². The second kappa shape index (κ2) is 6.52. The van der Waals surface area contributed by atoms with Crippen LogP contribution >= 0.6 is 0 Å². The first-order chi connectivity index (χ1) is 9.61. The molecule has 0 unspecified atom stereocenters. The predicted octanol–water partition coefficient (Wildman–Crippen LogP) is 1.45. The molecule has 0 fully saturated rings. The van der Waals surface area contributed by atoms with E-state index in [1.807, 2.05) is 18.0 Å². The van der Waals surface area contributed by atoms with Crippen molar-refractivity contribution < 1.29 is 9.59 Å². The van der Waals surface area contributed by atoms with Crippen molar-refractivity contribution in [1.29, 1.82) is 0 Å². The molecule has 2 rings (SSSR count). The maximum atomic E-state index is 11.8. The van der Waals surface area contributed by atoms with Crippen molar-refractivity contribution in [3.05, 3.63) is 35.4 Å². The molecule has 0 saturated carbocycles. The molecule has 1 aliphatic rings. The van der Waals surface area contributed by atoms with Crippen molar-refractivity contribution >= 4 is 11.9 Å². The standard InChI is InChI=1S/C15H21N3O2/c1-16-15(20)17-14(19)10-18(2)13-9-5-7-11-6-3-4-8-12(11)13/h3-4,6,8,13H,5,7,9-10H2,1-2H3,(H2,16,17,19,20)/t13-/m0/s1. The van der Waals surface area contributed by atoms with Gasteiger partial charge in [0.25, 0.3) is 0 Å². The first-order valence-electron chi connectivity index (χ1n) is 6.91. The summed E-state index contributed by atoms with van der Waals surface area (Å²) >= 11 is 0. The molecule has 3 amide bonds. The summed E-state index contributed by atoms with van der Waals surface area (Å²) < 4.78 is 0. The van der Waals surface area contributed by atoms with Gasteiger partial charge >= 0.3 is 6.03 Å². The smallest absolute Gasteiger partial charge is 0.321 e. The Morgan fingerprint density at radius 1 is 1.35 bits per heavy atom. The van der Waals surface area contributed by atoms with Crippen molar-refractivity contribution in [1.82, 2.24) is 15.5 Å². The first-order valence-corrected chi connectivity index (χ1v) is 6.91.